The quantitative estimate of drug-likeness (QED) is 0.542. The fourth-order valence-corrected chi connectivity index (χ4v) is 2.97. The van der Waals surface area contributed by atoms with E-state index in [-0.39, 0.29) is 0 Å². The van der Waals surface area contributed by atoms with E-state index in [1.54, 1.807) is 6.21 Å². The summed E-state index contributed by atoms with van der Waals surface area (Å²) in [4.78, 5) is 5.87. The van der Waals surface area contributed by atoms with E-state index < -0.39 is 4.87 Å². The second kappa shape index (κ2) is 3.51. The van der Waals surface area contributed by atoms with E-state index in [0.29, 0.717) is 18.5 Å². The molecule has 1 N–H and O–H groups in total. The minimum absolute atomic E-state index is 0.600. The van der Waals surface area contributed by atoms with Gasteiger partial charge in [0.25, 0.3) is 0 Å². The van der Waals surface area contributed by atoms with Crippen LogP contribution in [0.15, 0.2) is 16.9 Å². The van der Waals surface area contributed by atoms with Gasteiger partial charge in [-0.25, -0.2) is 0 Å². The molecule has 3 nitrogen and oxygen atoms in total. The molecule has 3 aliphatic heterocycles. The molecule has 0 aromatic heterocycles. The molecule has 0 radical (unpaired) electrons. The molecular weight excluding hydrogens is 222 g/mol. The van der Waals surface area contributed by atoms with Gasteiger partial charge in [-0.15, -0.1) is 6.42 Å². The van der Waals surface area contributed by atoms with Gasteiger partial charge in [0.15, 0.2) is 0 Å². The highest BCUT2D eigenvalue weighted by Crippen LogP contribution is 2.33. The summed E-state index contributed by atoms with van der Waals surface area (Å²) in [6.07, 6.45) is 10.9. The van der Waals surface area contributed by atoms with Gasteiger partial charge < -0.3 is 10.2 Å². The molecule has 3 aliphatic rings. The Labute approximate surface area is 101 Å². The molecule has 0 spiro atoms. The molecule has 4 heteroatoms. The third-order valence-electron chi connectivity index (χ3n) is 3.61. The number of nitrogens with zero attached hydrogens (tertiary/aromatic N) is 2. The Morgan fingerprint density at radius 3 is 3.19 bits per heavy atom. The van der Waals surface area contributed by atoms with Gasteiger partial charge >= 0.3 is 0 Å². The van der Waals surface area contributed by atoms with Gasteiger partial charge in [0.05, 0.1) is 0 Å². The van der Waals surface area contributed by atoms with Gasteiger partial charge in [-0.3, -0.25) is 4.99 Å². The molecule has 2 saturated heterocycles. The van der Waals surface area contributed by atoms with Crippen molar-refractivity contribution in [2.24, 2.45) is 4.99 Å². The number of alkyl halides is 1. The normalized spacial score (nSPS) is 41.0. The van der Waals surface area contributed by atoms with Crippen LogP contribution in [0.25, 0.3) is 0 Å². The van der Waals surface area contributed by atoms with Crippen LogP contribution in [0, 0.1) is 12.3 Å². The summed E-state index contributed by atoms with van der Waals surface area (Å²) in [5.41, 5.74) is 1.18. The number of allylic oxidation sites excluding steroid dienone is 1. The van der Waals surface area contributed by atoms with Gasteiger partial charge in [0.2, 0.25) is 0 Å². The van der Waals surface area contributed by atoms with Crippen LogP contribution >= 0.6 is 11.6 Å². The van der Waals surface area contributed by atoms with Crippen LogP contribution in [0.4, 0.5) is 0 Å². The van der Waals surface area contributed by atoms with Gasteiger partial charge in [-0.2, -0.15) is 0 Å². The summed E-state index contributed by atoms with van der Waals surface area (Å²) in [6.45, 7) is 2.13. The number of piperazine rings is 1. The fraction of sp³-hybridized carbons (Fsp3) is 0.583. The number of hydrogen-bond donors (Lipinski definition) is 1. The molecule has 3 atom stereocenters. The van der Waals surface area contributed by atoms with E-state index in [0.717, 1.165) is 13.1 Å². The Bertz CT molecular complexity index is 409. The number of terminal acetylenes is 1. The Morgan fingerprint density at radius 2 is 2.56 bits per heavy atom. The van der Waals surface area contributed by atoms with Gasteiger partial charge in [0.1, 0.15) is 4.87 Å². The lowest BCUT2D eigenvalue weighted by Gasteiger charge is -2.34. The number of fused-ring (bicyclic) bond motifs is 2. The first-order chi connectivity index (χ1) is 7.70. The van der Waals surface area contributed by atoms with Crippen molar-refractivity contribution in [2.75, 3.05) is 13.1 Å². The average molecular weight is 236 g/mol. The van der Waals surface area contributed by atoms with E-state index >= 15 is 0 Å². The molecule has 3 heterocycles. The minimum atomic E-state index is -0.723. The highest BCUT2D eigenvalue weighted by molar-refractivity contribution is 6.35. The molecule has 2 fully saturated rings. The number of rotatable bonds is 1. The largest absolute Gasteiger partial charge is 0.368 e. The Kier molecular flexibility index (Phi) is 2.24. The van der Waals surface area contributed by atoms with Crippen molar-refractivity contribution in [1.82, 2.24) is 10.2 Å². The predicted octanol–water partition coefficient (Wildman–Crippen LogP) is 0.959. The lowest BCUT2D eigenvalue weighted by molar-refractivity contribution is 0.273. The first-order valence-corrected chi connectivity index (χ1v) is 5.98. The Balaban J connectivity index is 1.80. The van der Waals surface area contributed by atoms with Crippen LogP contribution in [0.2, 0.25) is 0 Å². The van der Waals surface area contributed by atoms with E-state index in [1.807, 2.05) is 6.20 Å². The third kappa shape index (κ3) is 1.53. The number of aliphatic imine (C=N–C) groups is 1. The van der Waals surface area contributed by atoms with Crippen LogP contribution in [0.3, 0.4) is 0 Å². The highest BCUT2D eigenvalue weighted by atomic mass is 35.5. The molecular formula is C12H14ClN3. The SMILES string of the molecule is C#CC1(Cl)C=NC=C(N2C[C@@H]3C[C@H]2CN3)C1. The van der Waals surface area contributed by atoms with Crippen molar-refractivity contribution < 1.29 is 0 Å². The molecule has 0 aromatic rings. The molecule has 0 aromatic carbocycles. The molecule has 0 saturated carbocycles. The predicted molar refractivity (Wildman–Crippen MR) is 65.5 cm³/mol. The maximum absolute atomic E-state index is 6.27. The van der Waals surface area contributed by atoms with Crippen molar-refractivity contribution in [3.63, 3.8) is 0 Å². The van der Waals surface area contributed by atoms with E-state index in [2.05, 4.69) is 21.1 Å². The highest BCUT2D eigenvalue weighted by Gasteiger charge is 2.40. The van der Waals surface area contributed by atoms with Crippen molar-refractivity contribution >= 4 is 17.8 Å². The summed E-state index contributed by atoms with van der Waals surface area (Å²) < 4.78 is 0. The standard InChI is InChI=1S/C12H14ClN3/c1-2-12(13)4-11(5-14-8-12)16-7-9-3-10(16)6-15-9/h1,5,8-10,15H,3-4,6-7H2/t9-,10-,12?/m0/s1. The van der Waals surface area contributed by atoms with Crippen LogP contribution < -0.4 is 5.32 Å². The van der Waals surface area contributed by atoms with E-state index in [4.69, 9.17) is 18.0 Å². The van der Waals surface area contributed by atoms with Crippen LogP contribution in [-0.4, -0.2) is 41.2 Å². The fourth-order valence-electron chi connectivity index (χ4n) is 2.77. The second-order valence-corrected chi connectivity index (χ2v) is 5.40. The maximum atomic E-state index is 6.27. The molecule has 1 unspecified atom stereocenters. The average Bonchev–Trinajstić information content (AvgIpc) is 2.91. The van der Waals surface area contributed by atoms with Crippen molar-refractivity contribution in [2.45, 2.75) is 29.8 Å². The molecule has 84 valence electrons. The van der Waals surface area contributed by atoms with Crippen LogP contribution in [-0.2, 0) is 0 Å². The Hall–Kier alpha value is -0.980. The van der Waals surface area contributed by atoms with Gasteiger partial charge in [0, 0.05) is 49.7 Å². The zero-order valence-electron chi connectivity index (χ0n) is 8.99. The number of nitrogens with one attached hydrogen (secondary N) is 1. The molecule has 0 aliphatic carbocycles. The molecule has 3 rings (SSSR count). The first-order valence-electron chi connectivity index (χ1n) is 5.60. The summed E-state index contributed by atoms with van der Waals surface area (Å²) in [5.74, 6) is 2.61. The summed E-state index contributed by atoms with van der Waals surface area (Å²) in [7, 11) is 0. The Morgan fingerprint density at radius 1 is 1.69 bits per heavy atom. The van der Waals surface area contributed by atoms with Crippen LogP contribution in [0.1, 0.15) is 12.8 Å². The van der Waals surface area contributed by atoms with E-state index in [1.165, 1.54) is 12.1 Å². The lowest BCUT2D eigenvalue weighted by Crippen LogP contribution is -2.44. The molecule has 2 bridgehead atoms. The number of likely N-dealkylation sites (tertiary alicyclic amines) is 1. The molecule has 16 heavy (non-hydrogen) atoms. The van der Waals surface area contributed by atoms with Crippen molar-refractivity contribution in [3.8, 4) is 12.3 Å². The summed E-state index contributed by atoms with van der Waals surface area (Å²) in [5, 5.41) is 3.48. The van der Waals surface area contributed by atoms with Crippen molar-refractivity contribution in [3.05, 3.63) is 11.9 Å². The second-order valence-electron chi connectivity index (χ2n) is 4.73. The number of halogens is 1. The van der Waals surface area contributed by atoms with Crippen molar-refractivity contribution in [1.29, 1.82) is 0 Å². The first kappa shape index (κ1) is 10.2. The van der Waals surface area contributed by atoms with Gasteiger partial charge in [-0.1, -0.05) is 17.5 Å². The summed E-state index contributed by atoms with van der Waals surface area (Å²) in [6, 6.07) is 1.23. The monoisotopic (exact) mass is 235 g/mol. The maximum Gasteiger partial charge on any atom is 0.145 e. The summed E-state index contributed by atoms with van der Waals surface area (Å²) >= 11 is 6.27. The van der Waals surface area contributed by atoms with E-state index in [9.17, 15) is 0 Å². The minimum Gasteiger partial charge on any atom is -0.368 e. The lowest BCUT2D eigenvalue weighted by atomic mass is 10.0. The molecule has 0 amide bonds. The zero-order chi connectivity index (χ0) is 11.2. The number of hydrogen-bond acceptors (Lipinski definition) is 3. The van der Waals surface area contributed by atoms with Crippen LogP contribution in [0.5, 0.6) is 0 Å². The smallest absolute Gasteiger partial charge is 0.145 e. The third-order valence-corrected chi connectivity index (χ3v) is 3.95. The topological polar surface area (TPSA) is 27.6 Å². The zero-order valence-corrected chi connectivity index (χ0v) is 9.74. The van der Waals surface area contributed by atoms with Gasteiger partial charge in [-0.05, 0) is 6.42 Å².